The first-order valence-corrected chi connectivity index (χ1v) is 14.3. The third kappa shape index (κ3) is 8.37. The van der Waals surface area contributed by atoms with Crippen LogP contribution in [0.25, 0.3) is 0 Å². The summed E-state index contributed by atoms with van der Waals surface area (Å²) in [6.45, 7) is 8.22. The van der Waals surface area contributed by atoms with Gasteiger partial charge in [-0.2, -0.15) is 0 Å². The number of benzene rings is 2. The second-order valence-corrected chi connectivity index (χ2v) is 10.7. The van der Waals surface area contributed by atoms with Gasteiger partial charge in [-0.25, -0.2) is 9.13 Å². The number of aryl methyl sites for hydroxylation is 1. The molecule has 0 saturated heterocycles. The molecule has 0 N–H and O–H groups in total. The van der Waals surface area contributed by atoms with Crippen molar-refractivity contribution in [2.45, 2.75) is 116 Å². The summed E-state index contributed by atoms with van der Waals surface area (Å²) < 4.78 is 4.96. The number of imidazole rings is 1. The maximum absolute atomic E-state index is 2.53. The van der Waals surface area contributed by atoms with Gasteiger partial charge in [-0.15, -0.1) is 0 Å². The molecule has 2 unspecified atom stereocenters. The number of hydrogen-bond acceptors (Lipinski definition) is 0. The van der Waals surface area contributed by atoms with Gasteiger partial charge in [-0.1, -0.05) is 126 Å². The molecule has 0 amide bonds. The van der Waals surface area contributed by atoms with E-state index in [1.807, 2.05) is 0 Å². The van der Waals surface area contributed by atoms with Crippen LogP contribution in [0.5, 0.6) is 0 Å². The van der Waals surface area contributed by atoms with E-state index < -0.39 is 0 Å². The first-order chi connectivity index (χ1) is 17.2. The highest BCUT2D eigenvalue weighted by Crippen LogP contribution is 2.41. The van der Waals surface area contributed by atoms with Crippen LogP contribution in [0.15, 0.2) is 79.4 Å². The third-order valence-electron chi connectivity index (χ3n) is 7.76. The van der Waals surface area contributed by atoms with E-state index in [0.29, 0.717) is 6.04 Å². The van der Waals surface area contributed by atoms with E-state index >= 15 is 0 Å². The normalized spacial score (nSPS) is 14.0. The van der Waals surface area contributed by atoms with Gasteiger partial charge in [0.25, 0.3) is 0 Å². The van der Waals surface area contributed by atoms with E-state index in [9.17, 15) is 0 Å². The molecule has 0 aliphatic heterocycles. The molecule has 1 aromatic heterocycles. The highest BCUT2D eigenvalue weighted by molar-refractivity contribution is 5.30. The molecule has 3 aromatic rings. The van der Waals surface area contributed by atoms with Gasteiger partial charge in [0.05, 0.1) is 6.54 Å². The monoisotopic (exact) mass is 473 g/mol. The minimum absolute atomic E-state index is 0.0203. The Kier molecular flexibility index (Phi) is 11.6. The predicted molar refractivity (Wildman–Crippen MR) is 150 cm³/mol. The fourth-order valence-electron chi connectivity index (χ4n) is 5.61. The zero-order valence-corrected chi connectivity index (χ0v) is 22.7. The molecule has 2 atom stereocenters. The van der Waals surface area contributed by atoms with Crippen LogP contribution in [0.1, 0.15) is 109 Å². The standard InChI is InChI=1S/C33H49N2/c1-4-6-8-9-10-11-19-25-34-26-27-35(29-34)32(24-14-7-5-2)33(3,31-22-17-13-18-23-31)28-30-20-15-12-16-21-30/h12-13,15-18,20-23,26-27,29,32H,4-11,14,19,24-25,28H2,1-3H3/q+1. The topological polar surface area (TPSA) is 8.81 Å². The van der Waals surface area contributed by atoms with Crippen LogP contribution in [-0.4, -0.2) is 4.57 Å². The van der Waals surface area contributed by atoms with Crippen LogP contribution in [0.3, 0.4) is 0 Å². The molecule has 0 bridgehead atoms. The highest BCUT2D eigenvalue weighted by atomic mass is 15.1. The maximum Gasteiger partial charge on any atom is 0.244 e. The zero-order chi connectivity index (χ0) is 24.8. The van der Waals surface area contributed by atoms with Crippen molar-refractivity contribution in [2.24, 2.45) is 0 Å². The van der Waals surface area contributed by atoms with E-state index in [2.05, 4.69) is 109 Å². The summed E-state index contributed by atoms with van der Waals surface area (Å²) in [7, 11) is 0. The second-order valence-electron chi connectivity index (χ2n) is 10.7. The lowest BCUT2D eigenvalue weighted by Gasteiger charge is -2.37. The van der Waals surface area contributed by atoms with Crippen molar-refractivity contribution in [3.05, 3.63) is 90.5 Å². The molecule has 2 nitrogen and oxygen atoms in total. The van der Waals surface area contributed by atoms with Gasteiger partial charge >= 0.3 is 0 Å². The average Bonchev–Trinajstić information content (AvgIpc) is 3.35. The molecule has 0 saturated carbocycles. The summed E-state index contributed by atoms with van der Waals surface area (Å²) in [4.78, 5) is 0. The Hall–Kier alpha value is -2.35. The summed E-state index contributed by atoms with van der Waals surface area (Å²) >= 11 is 0. The Morgan fingerprint density at radius 3 is 2.03 bits per heavy atom. The Morgan fingerprint density at radius 1 is 0.743 bits per heavy atom. The smallest absolute Gasteiger partial charge is 0.237 e. The Labute approximate surface area is 215 Å². The number of hydrogen-bond donors (Lipinski definition) is 0. The first-order valence-electron chi connectivity index (χ1n) is 14.3. The molecular formula is C33H49N2+. The van der Waals surface area contributed by atoms with Crippen molar-refractivity contribution in [1.29, 1.82) is 0 Å². The lowest BCUT2D eigenvalue weighted by atomic mass is 9.70. The summed E-state index contributed by atoms with van der Waals surface area (Å²) in [5.41, 5.74) is 2.88. The van der Waals surface area contributed by atoms with Crippen molar-refractivity contribution in [3.63, 3.8) is 0 Å². The van der Waals surface area contributed by atoms with Crippen LogP contribution in [0.4, 0.5) is 0 Å². The highest BCUT2D eigenvalue weighted by Gasteiger charge is 2.40. The molecule has 1 heterocycles. The minimum atomic E-state index is 0.0203. The van der Waals surface area contributed by atoms with Gasteiger partial charge < -0.3 is 0 Å². The predicted octanol–water partition coefficient (Wildman–Crippen LogP) is 8.85. The van der Waals surface area contributed by atoms with Crippen molar-refractivity contribution >= 4 is 0 Å². The van der Waals surface area contributed by atoms with Crippen molar-refractivity contribution in [1.82, 2.24) is 4.57 Å². The molecule has 2 heteroatoms. The molecule has 0 fully saturated rings. The molecule has 35 heavy (non-hydrogen) atoms. The summed E-state index contributed by atoms with van der Waals surface area (Å²) in [6.07, 6.45) is 22.6. The quantitative estimate of drug-likeness (QED) is 0.137. The summed E-state index contributed by atoms with van der Waals surface area (Å²) in [5.74, 6) is 0. The van der Waals surface area contributed by atoms with E-state index in [-0.39, 0.29) is 5.41 Å². The number of unbranched alkanes of at least 4 members (excludes halogenated alkanes) is 8. The van der Waals surface area contributed by atoms with Gasteiger partial charge in [0.15, 0.2) is 0 Å². The number of rotatable bonds is 17. The van der Waals surface area contributed by atoms with Gasteiger partial charge in [0, 0.05) is 5.41 Å². The van der Waals surface area contributed by atoms with Crippen LogP contribution in [-0.2, 0) is 18.4 Å². The van der Waals surface area contributed by atoms with E-state index in [1.165, 1.54) is 81.8 Å². The van der Waals surface area contributed by atoms with Gasteiger partial charge in [-0.05, 0) is 43.2 Å². The number of aromatic nitrogens is 2. The van der Waals surface area contributed by atoms with Crippen molar-refractivity contribution in [2.75, 3.05) is 0 Å². The maximum atomic E-state index is 2.53. The molecule has 0 aliphatic rings. The fourth-order valence-corrected chi connectivity index (χ4v) is 5.61. The van der Waals surface area contributed by atoms with Gasteiger partial charge in [-0.3, -0.25) is 0 Å². The lowest BCUT2D eigenvalue weighted by Crippen LogP contribution is -2.38. The van der Waals surface area contributed by atoms with Crippen molar-refractivity contribution in [3.8, 4) is 0 Å². The van der Waals surface area contributed by atoms with E-state index in [1.54, 1.807) is 0 Å². The summed E-state index contributed by atoms with van der Waals surface area (Å²) in [5, 5.41) is 0. The molecule has 2 aromatic carbocycles. The fraction of sp³-hybridized carbons (Fsp3) is 0.545. The molecule has 0 radical (unpaired) electrons. The molecule has 3 rings (SSSR count). The van der Waals surface area contributed by atoms with Crippen LogP contribution >= 0.6 is 0 Å². The SMILES string of the molecule is CCCCCCCCC[n+]1ccn(C(CCCCC)C(C)(Cc2ccccc2)c2ccccc2)c1. The Morgan fingerprint density at radius 2 is 1.34 bits per heavy atom. The molecule has 0 aliphatic carbocycles. The van der Waals surface area contributed by atoms with Crippen LogP contribution < -0.4 is 4.57 Å². The first kappa shape index (κ1) is 27.2. The number of nitrogens with zero attached hydrogens (tertiary/aromatic N) is 2. The molecule has 190 valence electrons. The largest absolute Gasteiger partial charge is 0.244 e. The van der Waals surface area contributed by atoms with Crippen molar-refractivity contribution < 1.29 is 4.57 Å². The average molecular weight is 474 g/mol. The third-order valence-corrected chi connectivity index (χ3v) is 7.76. The summed E-state index contributed by atoms with van der Waals surface area (Å²) in [6, 6.07) is 22.7. The van der Waals surface area contributed by atoms with Crippen LogP contribution in [0, 0.1) is 0 Å². The second kappa shape index (κ2) is 14.9. The Bertz CT molecular complexity index is 930. The minimum Gasteiger partial charge on any atom is -0.237 e. The van der Waals surface area contributed by atoms with Gasteiger partial charge in [0.2, 0.25) is 6.33 Å². The lowest BCUT2D eigenvalue weighted by molar-refractivity contribution is -0.697. The van der Waals surface area contributed by atoms with E-state index in [0.717, 1.165) is 13.0 Å². The molecular weight excluding hydrogens is 424 g/mol. The zero-order valence-electron chi connectivity index (χ0n) is 22.7. The molecule has 0 spiro atoms. The van der Waals surface area contributed by atoms with Crippen LogP contribution in [0.2, 0.25) is 0 Å². The van der Waals surface area contributed by atoms with Gasteiger partial charge in [0.1, 0.15) is 18.4 Å². The van der Waals surface area contributed by atoms with E-state index in [4.69, 9.17) is 0 Å². The Balaban J connectivity index is 1.79.